The molecule has 6 nitrogen and oxygen atoms in total. The molecule has 2 N–H and O–H groups in total. The van der Waals surface area contributed by atoms with Gasteiger partial charge in [-0.1, -0.05) is 6.58 Å². The summed E-state index contributed by atoms with van der Waals surface area (Å²) >= 11 is 0. The Morgan fingerprint density at radius 3 is 2.82 bits per heavy atom. The van der Waals surface area contributed by atoms with Crippen LogP contribution in [0.15, 0.2) is 40.3 Å². The molecule has 0 saturated heterocycles. The second-order valence-corrected chi connectivity index (χ2v) is 3.80. The summed E-state index contributed by atoms with van der Waals surface area (Å²) < 4.78 is 6.61. The van der Waals surface area contributed by atoms with Gasteiger partial charge in [0.1, 0.15) is 11.9 Å². The minimum Gasteiger partial charge on any atom is -0.510 e. The zero-order chi connectivity index (χ0) is 12.6. The fourth-order valence-corrected chi connectivity index (χ4v) is 1.56. The summed E-state index contributed by atoms with van der Waals surface area (Å²) in [7, 11) is 0. The third kappa shape index (κ3) is 2.07. The van der Waals surface area contributed by atoms with Gasteiger partial charge >= 0.3 is 5.69 Å². The van der Waals surface area contributed by atoms with E-state index in [1.165, 1.54) is 10.8 Å². The van der Waals surface area contributed by atoms with Gasteiger partial charge in [0, 0.05) is 11.8 Å². The van der Waals surface area contributed by atoms with Crippen molar-refractivity contribution in [2.45, 2.75) is 19.3 Å². The third-order valence-electron chi connectivity index (χ3n) is 2.49. The number of aromatic nitrogens is 2. The molecule has 0 bridgehead atoms. The Bertz CT molecular complexity index is 596. The molecule has 6 heteroatoms. The Labute approximate surface area is 96.5 Å². The molecule has 0 radical (unpaired) electrons. The first kappa shape index (κ1) is 11.4. The van der Waals surface area contributed by atoms with Crippen molar-refractivity contribution in [1.29, 1.82) is 0 Å². The number of nitrogens with zero attached hydrogens (tertiary/aromatic N) is 1. The molecule has 0 amide bonds. The zero-order valence-corrected chi connectivity index (χ0v) is 9.21. The highest BCUT2D eigenvalue weighted by molar-refractivity contribution is 5.12. The number of H-pyrrole nitrogens is 1. The van der Waals surface area contributed by atoms with Crippen LogP contribution >= 0.6 is 0 Å². The number of ether oxygens (including phenoxy) is 1. The summed E-state index contributed by atoms with van der Waals surface area (Å²) in [5, 5.41) is 9.17. The van der Waals surface area contributed by atoms with Gasteiger partial charge in [0.25, 0.3) is 5.56 Å². The second-order valence-electron chi connectivity index (χ2n) is 3.80. The van der Waals surface area contributed by atoms with Crippen molar-refractivity contribution in [3.8, 4) is 0 Å². The first-order valence-electron chi connectivity index (χ1n) is 5.02. The van der Waals surface area contributed by atoms with Crippen LogP contribution in [0.25, 0.3) is 0 Å². The van der Waals surface area contributed by atoms with E-state index >= 15 is 0 Å². The van der Waals surface area contributed by atoms with Crippen molar-refractivity contribution >= 4 is 0 Å². The van der Waals surface area contributed by atoms with E-state index in [1.54, 1.807) is 19.1 Å². The van der Waals surface area contributed by atoms with E-state index in [2.05, 4.69) is 11.6 Å². The average molecular weight is 236 g/mol. The molecule has 0 fully saturated rings. The van der Waals surface area contributed by atoms with Gasteiger partial charge in [-0.3, -0.25) is 14.3 Å². The highest BCUT2D eigenvalue weighted by Crippen LogP contribution is 2.22. The summed E-state index contributed by atoms with van der Waals surface area (Å²) in [5.74, 6) is -0.127. The van der Waals surface area contributed by atoms with Gasteiger partial charge in [-0.2, -0.15) is 0 Å². The second kappa shape index (κ2) is 4.06. The molecule has 0 aromatic carbocycles. The Kier molecular flexibility index (Phi) is 2.72. The molecule has 2 rings (SSSR count). The monoisotopic (exact) mass is 236 g/mol. The van der Waals surface area contributed by atoms with Gasteiger partial charge < -0.3 is 9.84 Å². The molecule has 1 aromatic rings. The Morgan fingerprint density at radius 1 is 1.53 bits per heavy atom. The molecule has 0 aliphatic carbocycles. The SMILES string of the molecule is C=C(O)[C@H]1C=C[C@@H](n2cc(C)c(=O)[nH]c2=O)O1. The smallest absolute Gasteiger partial charge is 0.330 e. The lowest BCUT2D eigenvalue weighted by molar-refractivity contribution is 0.0149. The predicted molar refractivity (Wildman–Crippen MR) is 60.9 cm³/mol. The standard InChI is InChI=1S/C11H12N2O4/c1-6-5-13(11(16)12-10(6)15)9-4-3-8(17-9)7(2)14/h3-5,8-9,14H,2H2,1H3,(H,12,15,16)/t8-,9+/m1/s1. The molecule has 17 heavy (non-hydrogen) atoms. The molecule has 1 aromatic heterocycles. The fraction of sp³-hybridized carbons (Fsp3) is 0.273. The lowest BCUT2D eigenvalue weighted by Crippen LogP contribution is -2.33. The van der Waals surface area contributed by atoms with Gasteiger partial charge in [-0.05, 0) is 19.1 Å². The quantitative estimate of drug-likeness (QED) is 0.574. The zero-order valence-electron chi connectivity index (χ0n) is 9.21. The lowest BCUT2D eigenvalue weighted by Gasteiger charge is -2.15. The summed E-state index contributed by atoms with van der Waals surface area (Å²) in [6.07, 6.45) is 3.36. The first-order valence-corrected chi connectivity index (χ1v) is 5.02. The maximum Gasteiger partial charge on any atom is 0.330 e. The molecular formula is C11H12N2O4. The maximum atomic E-state index is 11.6. The number of aryl methyl sites for hydroxylation is 1. The molecular weight excluding hydrogens is 224 g/mol. The summed E-state index contributed by atoms with van der Waals surface area (Å²) in [6.45, 7) is 4.95. The molecule has 2 atom stereocenters. The van der Waals surface area contributed by atoms with Crippen LogP contribution in [-0.2, 0) is 4.74 Å². The van der Waals surface area contributed by atoms with Gasteiger partial charge in [-0.25, -0.2) is 4.79 Å². The fourth-order valence-electron chi connectivity index (χ4n) is 1.56. The van der Waals surface area contributed by atoms with E-state index in [9.17, 15) is 9.59 Å². The van der Waals surface area contributed by atoms with Crippen LogP contribution in [0.2, 0.25) is 0 Å². The van der Waals surface area contributed by atoms with Crippen LogP contribution in [0.1, 0.15) is 11.8 Å². The van der Waals surface area contributed by atoms with Gasteiger partial charge in [0.2, 0.25) is 0 Å². The summed E-state index contributed by atoms with van der Waals surface area (Å²) in [5.41, 5.74) is -0.566. The highest BCUT2D eigenvalue weighted by Gasteiger charge is 2.23. The van der Waals surface area contributed by atoms with Crippen molar-refractivity contribution in [1.82, 2.24) is 9.55 Å². The van der Waals surface area contributed by atoms with E-state index in [4.69, 9.17) is 9.84 Å². The number of hydrogen-bond acceptors (Lipinski definition) is 4. The number of hydrogen-bond donors (Lipinski definition) is 2. The largest absolute Gasteiger partial charge is 0.510 e. The Balaban J connectivity index is 2.35. The van der Waals surface area contributed by atoms with Crippen LogP contribution in [0, 0.1) is 6.92 Å². The van der Waals surface area contributed by atoms with Crippen LogP contribution in [0.5, 0.6) is 0 Å². The van der Waals surface area contributed by atoms with Crippen molar-refractivity contribution in [3.63, 3.8) is 0 Å². The minimum atomic E-state index is -0.646. The summed E-state index contributed by atoms with van der Waals surface area (Å²) in [6, 6.07) is 0. The number of rotatable bonds is 2. The van der Waals surface area contributed by atoms with E-state index in [0.717, 1.165) is 0 Å². The predicted octanol–water partition coefficient (Wildman–Crippen LogP) is 0.370. The molecule has 1 aliphatic heterocycles. The lowest BCUT2D eigenvalue weighted by atomic mass is 10.3. The Morgan fingerprint density at radius 2 is 2.24 bits per heavy atom. The molecule has 90 valence electrons. The van der Waals surface area contributed by atoms with E-state index in [1.807, 2.05) is 0 Å². The first-order chi connectivity index (χ1) is 7.99. The van der Waals surface area contributed by atoms with Gasteiger partial charge in [0.15, 0.2) is 6.23 Å². The maximum absolute atomic E-state index is 11.6. The van der Waals surface area contributed by atoms with Crippen LogP contribution in [0.4, 0.5) is 0 Å². The summed E-state index contributed by atoms with van der Waals surface area (Å²) in [4.78, 5) is 24.9. The van der Waals surface area contributed by atoms with Crippen molar-refractivity contribution in [2.75, 3.05) is 0 Å². The van der Waals surface area contributed by atoms with Gasteiger partial charge in [-0.15, -0.1) is 0 Å². The highest BCUT2D eigenvalue weighted by atomic mass is 16.5. The molecule has 1 aliphatic rings. The number of aliphatic hydroxyl groups excluding tert-OH is 1. The molecule has 2 heterocycles. The number of aromatic amines is 1. The number of nitrogens with one attached hydrogen (secondary N) is 1. The minimum absolute atomic E-state index is 0.127. The van der Waals surface area contributed by atoms with Crippen LogP contribution < -0.4 is 11.2 Å². The Hall–Kier alpha value is -2.08. The average Bonchev–Trinajstić information content (AvgIpc) is 2.72. The van der Waals surface area contributed by atoms with E-state index in [0.29, 0.717) is 5.56 Å². The van der Waals surface area contributed by atoms with Crippen LogP contribution in [0.3, 0.4) is 0 Å². The van der Waals surface area contributed by atoms with Gasteiger partial charge in [0.05, 0.1) is 0 Å². The van der Waals surface area contributed by atoms with E-state index in [-0.39, 0.29) is 5.76 Å². The van der Waals surface area contributed by atoms with Crippen molar-refractivity contribution in [2.24, 2.45) is 0 Å². The normalized spacial score (nSPS) is 22.9. The van der Waals surface area contributed by atoms with Crippen molar-refractivity contribution in [3.05, 3.63) is 57.1 Å². The third-order valence-corrected chi connectivity index (χ3v) is 2.49. The molecule has 0 unspecified atom stereocenters. The van der Waals surface area contributed by atoms with Crippen LogP contribution in [-0.4, -0.2) is 20.8 Å². The number of aliphatic hydroxyl groups is 1. The van der Waals surface area contributed by atoms with Crippen molar-refractivity contribution < 1.29 is 9.84 Å². The molecule has 0 spiro atoms. The topological polar surface area (TPSA) is 84.3 Å². The van der Waals surface area contributed by atoms with E-state index < -0.39 is 23.6 Å². The molecule has 0 saturated carbocycles.